The minimum absolute atomic E-state index is 0.0868. The lowest BCUT2D eigenvalue weighted by Gasteiger charge is -1.84. The predicted molar refractivity (Wildman–Crippen MR) is 43.3 cm³/mol. The minimum atomic E-state index is -1.00. The molecule has 0 bridgehead atoms. The van der Waals surface area contributed by atoms with Crippen molar-refractivity contribution in [1.82, 2.24) is 14.5 Å². The molecule has 6 heteroatoms. The lowest BCUT2D eigenvalue weighted by Crippen LogP contribution is -1.93. The van der Waals surface area contributed by atoms with Gasteiger partial charge in [0.1, 0.15) is 4.83 Å². The summed E-state index contributed by atoms with van der Waals surface area (Å²) in [5.74, 6) is -1.00. The molecule has 0 radical (unpaired) electrons. The molecule has 0 aromatic carbocycles. The summed E-state index contributed by atoms with van der Waals surface area (Å²) in [6, 6.07) is 0. The van der Waals surface area contributed by atoms with Gasteiger partial charge in [-0.05, 0) is 0 Å². The molecule has 1 N–H and O–H groups in total. The Morgan fingerprint density at radius 2 is 2.50 bits per heavy atom. The van der Waals surface area contributed by atoms with Crippen LogP contribution in [0.4, 0.5) is 0 Å². The number of fused-ring (bicyclic) bond motifs is 1. The van der Waals surface area contributed by atoms with E-state index in [2.05, 4.69) is 9.97 Å². The van der Waals surface area contributed by atoms with Gasteiger partial charge in [0.05, 0.1) is 6.33 Å². The van der Waals surface area contributed by atoms with Crippen molar-refractivity contribution in [1.29, 1.82) is 0 Å². The standard InChI is InChI=1S/C6H5N3O2S/c1-9-2-7-3-5(9)12-4(8-3)6(10)11/h2H,1H3,(H,10,11). The van der Waals surface area contributed by atoms with Gasteiger partial charge in [0.25, 0.3) is 0 Å². The molecule has 0 saturated carbocycles. The van der Waals surface area contributed by atoms with Gasteiger partial charge >= 0.3 is 5.97 Å². The largest absolute Gasteiger partial charge is 0.476 e. The summed E-state index contributed by atoms with van der Waals surface area (Å²) in [6.45, 7) is 0. The highest BCUT2D eigenvalue weighted by molar-refractivity contribution is 7.19. The molecule has 0 spiro atoms. The maximum atomic E-state index is 10.5. The van der Waals surface area contributed by atoms with Crippen LogP contribution in [0.2, 0.25) is 0 Å². The fraction of sp³-hybridized carbons (Fsp3) is 0.167. The smallest absolute Gasteiger partial charge is 0.365 e. The lowest BCUT2D eigenvalue weighted by atomic mass is 10.7. The van der Waals surface area contributed by atoms with Crippen molar-refractivity contribution in [2.24, 2.45) is 7.05 Å². The number of thiazole rings is 1. The zero-order valence-electron chi connectivity index (χ0n) is 6.18. The highest BCUT2D eigenvalue weighted by Gasteiger charge is 2.12. The third-order valence-electron chi connectivity index (χ3n) is 1.45. The van der Waals surface area contributed by atoms with Crippen molar-refractivity contribution in [2.45, 2.75) is 0 Å². The maximum Gasteiger partial charge on any atom is 0.365 e. The van der Waals surface area contributed by atoms with E-state index in [4.69, 9.17) is 5.11 Å². The number of imidazole rings is 1. The number of hydrogen-bond donors (Lipinski definition) is 1. The second kappa shape index (κ2) is 2.28. The molecule has 0 fully saturated rings. The van der Waals surface area contributed by atoms with Crippen LogP contribution < -0.4 is 0 Å². The van der Waals surface area contributed by atoms with Crippen molar-refractivity contribution in [2.75, 3.05) is 0 Å². The summed E-state index contributed by atoms with van der Waals surface area (Å²) >= 11 is 1.13. The molecule has 62 valence electrons. The summed E-state index contributed by atoms with van der Waals surface area (Å²) < 4.78 is 1.75. The maximum absolute atomic E-state index is 10.5. The number of nitrogens with zero attached hydrogens (tertiary/aromatic N) is 3. The third kappa shape index (κ3) is 0.884. The predicted octanol–water partition coefficient (Wildman–Crippen LogP) is 0.728. The number of rotatable bonds is 1. The molecule has 0 aliphatic heterocycles. The molecule has 0 atom stereocenters. The van der Waals surface area contributed by atoms with Crippen molar-refractivity contribution in [3.05, 3.63) is 11.3 Å². The normalized spacial score (nSPS) is 10.8. The average Bonchev–Trinajstić information content (AvgIpc) is 2.53. The Kier molecular flexibility index (Phi) is 1.37. The topological polar surface area (TPSA) is 68.0 Å². The van der Waals surface area contributed by atoms with Crippen LogP contribution in [0.25, 0.3) is 10.5 Å². The SMILES string of the molecule is Cn1cnc2nc(C(=O)O)sc21. The van der Waals surface area contributed by atoms with Crippen LogP contribution in [0.5, 0.6) is 0 Å². The van der Waals surface area contributed by atoms with E-state index in [1.54, 1.807) is 17.9 Å². The Labute approximate surface area is 71.3 Å². The summed E-state index contributed by atoms with van der Waals surface area (Å²) in [5, 5.41) is 8.69. The molecule has 12 heavy (non-hydrogen) atoms. The first-order chi connectivity index (χ1) is 5.68. The van der Waals surface area contributed by atoms with Crippen molar-refractivity contribution >= 4 is 27.8 Å². The highest BCUT2D eigenvalue weighted by Crippen LogP contribution is 2.19. The fourth-order valence-corrected chi connectivity index (χ4v) is 1.69. The van der Waals surface area contributed by atoms with Crippen LogP contribution in [-0.4, -0.2) is 25.6 Å². The number of carboxylic acid groups (broad SMARTS) is 1. The Morgan fingerprint density at radius 3 is 3.08 bits per heavy atom. The lowest BCUT2D eigenvalue weighted by molar-refractivity contribution is 0.0696. The van der Waals surface area contributed by atoms with Crippen LogP contribution in [-0.2, 0) is 7.05 Å². The van der Waals surface area contributed by atoms with Gasteiger partial charge in [0.2, 0.25) is 5.01 Å². The van der Waals surface area contributed by atoms with Gasteiger partial charge in [0.15, 0.2) is 5.65 Å². The number of aromatic carboxylic acids is 1. The Balaban J connectivity index is 2.70. The molecule has 0 aliphatic carbocycles. The number of carbonyl (C=O) groups is 1. The van der Waals surface area contributed by atoms with E-state index >= 15 is 0 Å². The zero-order chi connectivity index (χ0) is 8.72. The Morgan fingerprint density at radius 1 is 1.75 bits per heavy atom. The summed E-state index contributed by atoms with van der Waals surface area (Å²) in [7, 11) is 1.80. The molecular weight excluding hydrogens is 178 g/mol. The quantitative estimate of drug-likeness (QED) is 0.707. The van der Waals surface area contributed by atoms with Gasteiger partial charge in [-0.15, -0.1) is 0 Å². The number of aromatic nitrogens is 3. The van der Waals surface area contributed by atoms with Crippen LogP contribution in [0.1, 0.15) is 9.80 Å². The fourth-order valence-electron chi connectivity index (χ4n) is 0.903. The molecule has 2 aromatic rings. The van der Waals surface area contributed by atoms with Gasteiger partial charge in [-0.3, -0.25) is 0 Å². The van der Waals surface area contributed by atoms with Gasteiger partial charge in [-0.1, -0.05) is 11.3 Å². The first kappa shape index (κ1) is 7.23. The van der Waals surface area contributed by atoms with Crippen molar-refractivity contribution in [3.63, 3.8) is 0 Å². The van der Waals surface area contributed by atoms with Gasteiger partial charge < -0.3 is 9.67 Å². The van der Waals surface area contributed by atoms with E-state index in [0.717, 1.165) is 16.2 Å². The number of carboxylic acids is 1. The molecule has 2 rings (SSSR count). The third-order valence-corrected chi connectivity index (χ3v) is 2.57. The second-order valence-electron chi connectivity index (χ2n) is 2.31. The van der Waals surface area contributed by atoms with Gasteiger partial charge in [-0.2, -0.15) is 0 Å². The minimum Gasteiger partial charge on any atom is -0.476 e. The molecule has 0 amide bonds. The molecule has 0 unspecified atom stereocenters. The zero-order valence-corrected chi connectivity index (χ0v) is 7.00. The first-order valence-corrected chi connectivity index (χ1v) is 4.01. The Bertz CT molecular complexity index is 445. The van der Waals surface area contributed by atoms with E-state index in [0.29, 0.717) is 5.65 Å². The average molecular weight is 183 g/mol. The van der Waals surface area contributed by atoms with Crippen LogP contribution in [0.15, 0.2) is 6.33 Å². The monoisotopic (exact) mass is 183 g/mol. The molecular formula is C6H5N3O2S. The molecule has 2 aromatic heterocycles. The van der Waals surface area contributed by atoms with E-state index in [1.807, 2.05) is 0 Å². The van der Waals surface area contributed by atoms with Gasteiger partial charge in [0, 0.05) is 7.05 Å². The van der Waals surface area contributed by atoms with Crippen LogP contribution in [0.3, 0.4) is 0 Å². The van der Waals surface area contributed by atoms with Crippen LogP contribution >= 0.6 is 11.3 Å². The van der Waals surface area contributed by atoms with E-state index in [-0.39, 0.29) is 5.01 Å². The Hall–Kier alpha value is -1.43. The molecule has 0 saturated heterocycles. The van der Waals surface area contributed by atoms with E-state index in [1.165, 1.54) is 0 Å². The molecule has 2 heterocycles. The second-order valence-corrected chi connectivity index (χ2v) is 3.29. The van der Waals surface area contributed by atoms with Crippen LogP contribution in [0, 0.1) is 0 Å². The van der Waals surface area contributed by atoms with E-state index in [9.17, 15) is 4.79 Å². The van der Waals surface area contributed by atoms with Gasteiger partial charge in [-0.25, -0.2) is 14.8 Å². The van der Waals surface area contributed by atoms with E-state index < -0.39 is 5.97 Å². The summed E-state index contributed by atoms with van der Waals surface area (Å²) in [6.07, 6.45) is 1.61. The number of aryl methyl sites for hydroxylation is 1. The first-order valence-electron chi connectivity index (χ1n) is 3.19. The number of hydrogen-bond acceptors (Lipinski definition) is 4. The summed E-state index contributed by atoms with van der Waals surface area (Å²) in [4.78, 5) is 19.0. The molecule has 0 aliphatic rings. The molecule has 5 nitrogen and oxygen atoms in total. The summed E-state index contributed by atoms with van der Waals surface area (Å²) in [5.41, 5.74) is 0.500. The van der Waals surface area contributed by atoms with Crippen molar-refractivity contribution < 1.29 is 9.90 Å². The highest BCUT2D eigenvalue weighted by atomic mass is 32.1. The van der Waals surface area contributed by atoms with Crippen molar-refractivity contribution in [3.8, 4) is 0 Å².